The molecule has 4 heteroatoms. The first-order valence-electron chi connectivity index (χ1n) is 6.89. The molecule has 0 saturated carbocycles. The molecule has 0 radical (unpaired) electrons. The lowest BCUT2D eigenvalue weighted by Crippen LogP contribution is -2.29. The monoisotopic (exact) mass is 303 g/mol. The highest BCUT2D eigenvalue weighted by atomic mass is 32.2. The van der Waals surface area contributed by atoms with Crippen LogP contribution in [-0.4, -0.2) is 7.11 Å². The van der Waals surface area contributed by atoms with Crippen LogP contribution in [0.5, 0.6) is 5.75 Å². The van der Waals surface area contributed by atoms with Crippen molar-refractivity contribution in [3.8, 4) is 5.75 Å². The van der Waals surface area contributed by atoms with Crippen molar-refractivity contribution >= 4 is 11.8 Å². The van der Waals surface area contributed by atoms with E-state index in [1.165, 1.54) is 11.1 Å². The van der Waals surface area contributed by atoms with Gasteiger partial charge in [-0.15, -0.1) is 0 Å². The van der Waals surface area contributed by atoms with Crippen molar-refractivity contribution in [3.63, 3.8) is 0 Å². The summed E-state index contributed by atoms with van der Waals surface area (Å²) >= 11 is 1.55. The van der Waals surface area contributed by atoms with Gasteiger partial charge in [-0.05, 0) is 28.7 Å². The zero-order valence-electron chi connectivity index (χ0n) is 12.9. The fraction of sp³-hybridized carbons (Fsp3) is 0.353. The second-order valence-electron chi connectivity index (χ2n) is 5.97. The molecule has 0 atom stereocenters. The molecule has 1 aromatic carbocycles. The van der Waals surface area contributed by atoms with E-state index in [0.29, 0.717) is 0 Å². The Labute approximate surface area is 130 Å². The van der Waals surface area contributed by atoms with Crippen molar-refractivity contribution < 1.29 is 9.47 Å². The molecular weight excluding hydrogens is 282 g/mol. The van der Waals surface area contributed by atoms with Gasteiger partial charge in [0.1, 0.15) is 5.75 Å². The molecule has 0 aliphatic carbocycles. The Morgan fingerprint density at radius 3 is 2.38 bits per heavy atom. The number of aromatic nitrogens is 1. The minimum Gasteiger partial charge on any atom is -0.618 e. The molecule has 0 fully saturated rings. The van der Waals surface area contributed by atoms with Crippen LogP contribution in [0.25, 0.3) is 0 Å². The van der Waals surface area contributed by atoms with E-state index in [1.54, 1.807) is 25.1 Å². The van der Waals surface area contributed by atoms with Gasteiger partial charge in [-0.1, -0.05) is 44.7 Å². The van der Waals surface area contributed by atoms with E-state index in [1.807, 2.05) is 36.4 Å². The van der Waals surface area contributed by atoms with Crippen LogP contribution in [0, 0.1) is 5.21 Å². The molecule has 0 aliphatic rings. The molecule has 0 bridgehead atoms. The van der Waals surface area contributed by atoms with Crippen LogP contribution in [-0.2, 0) is 11.2 Å². The smallest absolute Gasteiger partial charge is 0.251 e. The van der Waals surface area contributed by atoms with Crippen LogP contribution in [0.1, 0.15) is 31.9 Å². The summed E-state index contributed by atoms with van der Waals surface area (Å²) in [4.78, 5) is 0. The van der Waals surface area contributed by atoms with Gasteiger partial charge in [0.15, 0.2) is 6.20 Å². The highest BCUT2D eigenvalue weighted by Gasteiger charge is 2.17. The number of methoxy groups -OCH3 is 1. The van der Waals surface area contributed by atoms with Gasteiger partial charge in [-0.2, -0.15) is 4.73 Å². The van der Waals surface area contributed by atoms with Crippen molar-refractivity contribution in [2.24, 2.45) is 0 Å². The summed E-state index contributed by atoms with van der Waals surface area (Å²) < 4.78 is 6.08. The van der Waals surface area contributed by atoms with Gasteiger partial charge in [0, 0.05) is 17.9 Å². The second-order valence-corrected chi connectivity index (χ2v) is 6.96. The lowest BCUT2D eigenvalue weighted by Gasteiger charge is -2.19. The Morgan fingerprint density at radius 1 is 1.14 bits per heavy atom. The Morgan fingerprint density at radius 2 is 1.81 bits per heavy atom. The number of ether oxygens (including phenoxy) is 1. The maximum absolute atomic E-state index is 11.9. The van der Waals surface area contributed by atoms with Crippen molar-refractivity contribution in [2.45, 2.75) is 37.0 Å². The van der Waals surface area contributed by atoms with E-state index >= 15 is 0 Å². The minimum absolute atomic E-state index is 0.0453. The predicted molar refractivity (Wildman–Crippen MR) is 86.7 cm³/mol. The van der Waals surface area contributed by atoms with E-state index in [2.05, 4.69) is 20.8 Å². The van der Waals surface area contributed by atoms with Gasteiger partial charge in [-0.3, -0.25) is 0 Å². The summed E-state index contributed by atoms with van der Waals surface area (Å²) in [6.07, 6.45) is 1.59. The highest BCUT2D eigenvalue weighted by molar-refractivity contribution is 7.98. The van der Waals surface area contributed by atoms with E-state index in [-0.39, 0.29) is 5.41 Å². The Hall–Kier alpha value is -1.68. The quantitative estimate of drug-likeness (QED) is 0.488. The molecular formula is C17H21NO2S. The van der Waals surface area contributed by atoms with Gasteiger partial charge in [0.25, 0.3) is 5.03 Å². The third-order valence-corrected chi connectivity index (χ3v) is 4.37. The lowest BCUT2D eigenvalue weighted by molar-refractivity contribution is -0.645. The van der Waals surface area contributed by atoms with Crippen LogP contribution in [0.4, 0.5) is 0 Å². The molecule has 0 aliphatic heterocycles. The molecule has 3 nitrogen and oxygen atoms in total. The van der Waals surface area contributed by atoms with E-state index < -0.39 is 0 Å². The van der Waals surface area contributed by atoms with Gasteiger partial charge < -0.3 is 9.94 Å². The number of benzene rings is 1. The Kier molecular flexibility index (Phi) is 4.78. The topological polar surface area (TPSA) is 36.2 Å². The Balaban J connectivity index is 2.11. The average Bonchev–Trinajstić information content (AvgIpc) is 2.45. The normalized spacial score (nSPS) is 11.4. The largest absolute Gasteiger partial charge is 0.618 e. The van der Waals surface area contributed by atoms with Crippen molar-refractivity contribution in [2.75, 3.05) is 7.11 Å². The fourth-order valence-electron chi connectivity index (χ4n) is 1.92. The van der Waals surface area contributed by atoms with Crippen molar-refractivity contribution in [1.82, 2.24) is 0 Å². The van der Waals surface area contributed by atoms with Crippen molar-refractivity contribution in [3.05, 3.63) is 58.9 Å². The maximum atomic E-state index is 11.9. The SMILES string of the molecule is COc1ccc(CSc2cc(C(C)(C)C)cc[n+]2[O-])cc1. The Bertz CT molecular complexity index is 603. The third kappa shape index (κ3) is 4.14. The first kappa shape index (κ1) is 15.7. The van der Waals surface area contributed by atoms with Crippen molar-refractivity contribution in [1.29, 1.82) is 0 Å². The van der Waals surface area contributed by atoms with Gasteiger partial charge in [0.2, 0.25) is 0 Å². The lowest BCUT2D eigenvalue weighted by atomic mass is 9.88. The van der Waals surface area contributed by atoms with E-state index in [4.69, 9.17) is 4.74 Å². The number of rotatable bonds is 4. The maximum Gasteiger partial charge on any atom is 0.251 e. The molecule has 112 valence electrons. The predicted octanol–water partition coefficient (Wildman–Crippen LogP) is 3.92. The third-order valence-electron chi connectivity index (χ3n) is 3.30. The summed E-state index contributed by atoms with van der Waals surface area (Å²) in [5.74, 6) is 1.61. The van der Waals surface area contributed by atoms with E-state index in [9.17, 15) is 5.21 Å². The number of hydrogen-bond donors (Lipinski definition) is 0. The first-order valence-corrected chi connectivity index (χ1v) is 7.88. The summed E-state index contributed by atoms with van der Waals surface area (Å²) in [7, 11) is 1.65. The minimum atomic E-state index is 0.0453. The molecule has 0 spiro atoms. The molecule has 1 aromatic heterocycles. The van der Waals surface area contributed by atoms with Crippen LogP contribution >= 0.6 is 11.8 Å². The number of hydrogen-bond acceptors (Lipinski definition) is 3. The zero-order valence-corrected chi connectivity index (χ0v) is 13.7. The fourth-order valence-corrected chi connectivity index (χ4v) is 2.82. The van der Waals surface area contributed by atoms with Crippen LogP contribution in [0.3, 0.4) is 0 Å². The molecule has 1 heterocycles. The molecule has 0 unspecified atom stereocenters. The summed E-state index contributed by atoms with van der Waals surface area (Å²) in [6.45, 7) is 6.44. The molecule has 2 aromatic rings. The van der Waals surface area contributed by atoms with Crippen LogP contribution < -0.4 is 9.47 Å². The van der Waals surface area contributed by atoms with Crippen LogP contribution in [0.2, 0.25) is 0 Å². The zero-order chi connectivity index (χ0) is 15.5. The molecule has 21 heavy (non-hydrogen) atoms. The van der Waals surface area contributed by atoms with Gasteiger partial charge >= 0.3 is 0 Å². The van der Waals surface area contributed by atoms with Gasteiger partial charge in [0.05, 0.1) is 7.11 Å². The number of pyridine rings is 1. The number of nitrogens with zero attached hydrogens (tertiary/aromatic N) is 1. The molecule has 2 rings (SSSR count). The average molecular weight is 303 g/mol. The summed E-state index contributed by atoms with van der Waals surface area (Å²) in [6, 6.07) is 11.8. The highest BCUT2D eigenvalue weighted by Crippen LogP contribution is 2.26. The van der Waals surface area contributed by atoms with Gasteiger partial charge in [-0.25, -0.2) is 0 Å². The summed E-state index contributed by atoms with van der Waals surface area (Å²) in [5, 5.41) is 12.6. The first-order chi connectivity index (χ1) is 9.90. The summed E-state index contributed by atoms with van der Waals surface area (Å²) in [5.41, 5.74) is 2.39. The van der Waals surface area contributed by atoms with E-state index in [0.717, 1.165) is 21.3 Å². The molecule has 0 N–H and O–H groups in total. The van der Waals surface area contributed by atoms with Crippen LogP contribution in [0.15, 0.2) is 47.6 Å². The molecule has 0 amide bonds. The second kappa shape index (κ2) is 6.39. The molecule has 0 saturated heterocycles. The number of thioether (sulfide) groups is 1. The standard InChI is InChI=1S/C17H21NO2S/c1-17(2,3)14-9-10-18(19)16(11-14)21-12-13-5-7-15(20-4)8-6-13/h5-11H,12H2,1-4H3.